The fourth-order valence-electron chi connectivity index (χ4n) is 1.63. The largest absolute Gasteiger partial charge is 1.00 e. The number of pyridine rings is 1. The third-order valence-electron chi connectivity index (χ3n) is 2.69. The smallest absolute Gasteiger partial charge is 0.169 e. The van der Waals surface area contributed by atoms with Crippen molar-refractivity contribution < 1.29 is 22.1 Å². The summed E-state index contributed by atoms with van der Waals surface area (Å²) in [5, 5.41) is 8.64. The molecule has 0 spiro atoms. The van der Waals surface area contributed by atoms with Crippen molar-refractivity contribution in [2.24, 2.45) is 0 Å². The van der Waals surface area contributed by atoms with Gasteiger partial charge in [0.25, 0.3) is 0 Å². The summed E-state index contributed by atoms with van der Waals surface area (Å²) in [7, 11) is 0. The predicted molar refractivity (Wildman–Crippen MR) is 61.6 cm³/mol. The number of hydrogen-bond donors (Lipinski definition) is 1. The van der Waals surface area contributed by atoms with Crippen molar-refractivity contribution >= 4 is 0 Å². The van der Waals surface area contributed by atoms with E-state index in [2.05, 4.69) is 36.0 Å². The summed E-state index contributed by atoms with van der Waals surface area (Å²) in [5.41, 5.74) is 1.39. The molecule has 0 saturated heterocycles. The van der Waals surface area contributed by atoms with Crippen LogP contribution in [0.4, 0.5) is 0 Å². The Hall–Kier alpha value is -0.600. The molecule has 1 aromatic heterocycles. The molecule has 1 heterocycles. The van der Waals surface area contributed by atoms with E-state index in [1.165, 1.54) is 18.4 Å². The molecule has 0 aliphatic rings. The van der Waals surface area contributed by atoms with E-state index in [9.17, 15) is 0 Å². The Bertz CT molecular complexity index is 261. The highest BCUT2D eigenvalue weighted by atomic mass is 35.5. The van der Waals surface area contributed by atoms with Gasteiger partial charge < -0.3 is 17.5 Å². The van der Waals surface area contributed by atoms with Gasteiger partial charge in [0.05, 0.1) is 0 Å². The van der Waals surface area contributed by atoms with Gasteiger partial charge in [-0.25, -0.2) is 4.57 Å². The number of halogens is 1. The second-order valence-corrected chi connectivity index (χ2v) is 3.94. The van der Waals surface area contributed by atoms with Crippen molar-refractivity contribution in [2.45, 2.75) is 45.6 Å². The Morgan fingerprint density at radius 3 is 2.25 bits per heavy atom. The third-order valence-corrected chi connectivity index (χ3v) is 2.69. The zero-order chi connectivity index (χ0) is 10.9. The number of nitrogens with zero attached hydrogens (tertiary/aromatic N) is 1. The SMILES string of the molecule is CCc1cc[n+](CCCCCCO)cc1.[Cl-]. The van der Waals surface area contributed by atoms with Crippen LogP contribution in [-0.4, -0.2) is 11.7 Å². The molecule has 0 radical (unpaired) electrons. The Morgan fingerprint density at radius 2 is 1.69 bits per heavy atom. The van der Waals surface area contributed by atoms with Crippen LogP contribution in [0.25, 0.3) is 0 Å². The standard InChI is InChI=1S/C13H22NO.ClH/c1-2-13-7-10-14(11-8-13)9-5-3-4-6-12-15;/h7-8,10-11,15H,2-6,9,12H2,1H3;1H/q+1;/p-1. The van der Waals surface area contributed by atoms with E-state index in [4.69, 9.17) is 5.11 Å². The first-order valence-electron chi connectivity index (χ1n) is 5.95. The number of hydrogen-bond acceptors (Lipinski definition) is 1. The number of aliphatic hydroxyl groups excluding tert-OH is 1. The van der Waals surface area contributed by atoms with E-state index in [1.54, 1.807) is 0 Å². The van der Waals surface area contributed by atoms with Crippen LogP contribution in [-0.2, 0) is 13.0 Å². The zero-order valence-corrected chi connectivity index (χ0v) is 10.8. The molecule has 92 valence electrons. The highest BCUT2D eigenvalue weighted by Gasteiger charge is 1.99. The molecule has 0 aliphatic carbocycles. The lowest BCUT2D eigenvalue weighted by atomic mass is 10.2. The van der Waals surface area contributed by atoms with Crippen molar-refractivity contribution in [1.29, 1.82) is 0 Å². The molecule has 0 atom stereocenters. The van der Waals surface area contributed by atoms with Gasteiger partial charge in [0.1, 0.15) is 6.54 Å². The van der Waals surface area contributed by atoms with E-state index in [0.29, 0.717) is 6.61 Å². The van der Waals surface area contributed by atoms with Gasteiger partial charge in [0.15, 0.2) is 12.4 Å². The molecule has 0 unspecified atom stereocenters. The summed E-state index contributed by atoms with van der Waals surface area (Å²) in [4.78, 5) is 0. The minimum absolute atomic E-state index is 0. The lowest BCUT2D eigenvalue weighted by molar-refractivity contribution is -0.697. The Kier molecular flexibility index (Phi) is 9.25. The van der Waals surface area contributed by atoms with Crippen LogP contribution in [0.15, 0.2) is 24.5 Å². The van der Waals surface area contributed by atoms with E-state index < -0.39 is 0 Å². The fourth-order valence-corrected chi connectivity index (χ4v) is 1.63. The average molecular weight is 244 g/mol. The van der Waals surface area contributed by atoms with Crippen molar-refractivity contribution in [1.82, 2.24) is 0 Å². The fraction of sp³-hybridized carbons (Fsp3) is 0.615. The monoisotopic (exact) mass is 243 g/mol. The number of aliphatic hydroxyl groups is 1. The van der Waals surface area contributed by atoms with Gasteiger partial charge in [0, 0.05) is 25.2 Å². The number of aromatic nitrogens is 1. The first-order valence-corrected chi connectivity index (χ1v) is 5.95. The topological polar surface area (TPSA) is 24.1 Å². The minimum Gasteiger partial charge on any atom is -1.00 e. The van der Waals surface area contributed by atoms with Crippen molar-refractivity contribution in [2.75, 3.05) is 6.61 Å². The van der Waals surface area contributed by atoms with E-state index in [0.717, 1.165) is 25.8 Å². The highest BCUT2D eigenvalue weighted by molar-refractivity contribution is 5.06. The maximum atomic E-state index is 8.64. The summed E-state index contributed by atoms with van der Waals surface area (Å²) >= 11 is 0. The van der Waals surface area contributed by atoms with Gasteiger partial charge >= 0.3 is 0 Å². The van der Waals surface area contributed by atoms with Crippen LogP contribution in [0, 0.1) is 0 Å². The van der Waals surface area contributed by atoms with E-state index >= 15 is 0 Å². The average Bonchev–Trinajstić information content (AvgIpc) is 2.30. The van der Waals surface area contributed by atoms with Gasteiger partial charge in [0.2, 0.25) is 0 Å². The van der Waals surface area contributed by atoms with Crippen LogP contribution in [0.3, 0.4) is 0 Å². The quantitative estimate of drug-likeness (QED) is 0.487. The summed E-state index contributed by atoms with van der Waals surface area (Å²) in [6.07, 6.45) is 9.93. The molecule has 0 amide bonds. The van der Waals surface area contributed by atoms with Crippen molar-refractivity contribution in [3.8, 4) is 0 Å². The number of rotatable bonds is 7. The summed E-state index contributed by atoms with van der Waals surface area (Å²) < 4.78 is 2.23. The molecule has 1 aromatic rings. The lowest BCUT2D eigenvalue weighted by Gasteiger charge is -1.98. The van der Waals surface area contributed by atoms with Crippen molar-refractivity contribution in [3.63, 3.8) is 0 Å². The molecular weight excluding hydrogens is 222 g/mol. The van der Waals surface area contributed by atoms with E-state index in [-0.39, 0.29) is 12.4 Å². The molecule has 3 heteroatoms. The summed E-state index contributed by atoms with van der Waals surface area (Å²) in [6.45, 7) is 3.60. The van der Waals surface area contributed by atoms with E-state index in [1.807, 2.05) is 0 Å². The van der Waals surface area contributed by atoms with Gasteiger partial charge in [-0.3, -0.25) is 0 Å². The molecule has 0 fully saturated rings. The maximum Gasteiger partial charge on any atom is 0.169 e. The van der Waals surface area contributed by atoms with Crippen molar-refractivity contribution in [3.05, 3.63) is 30.1 Å². The molecule has 0 aliphatic heterocycles. The zero-order valence-electron chi connectivity index (χ0n) is 10.0. The van der Waals surface area contributed by atoms with Crippen LogP contribution < -0.4 is 17.0 Å². The molecule has 16 heavy (non-hydrogen) atoms. The number of aryl methyl sites for hydroxylation is 2. The first-order chi connectivity index (χ1) is 7.36. The van der Waals surface area contributed by atoms with Crippen LogP contribution in [0.5, 0.6) is 0 Å². The molecular formula is C13H22ClNO. The molecule has 1 rings (SSSR count). The Labute approximate surface area is 105 Å². The van der Waals surface area contributed by atoms with Gasteiger partial charge in [-0.05, 0) is 24.8 Å². The second kappa shape index (κ2) is 9.61. The molecule has 0 saturated carbocycles. The summed E-state index contributed by atoms with van der Waals surface area (Å²) in [5.74, 6) is 0. The first kappa shape index (κ1) is 15.4. The van der Waals surface area contributed by atoms with Crippen LogP contribution in [0.1, 0.15) is 38.2 Å². The minimum atomic E-state index is 0. The molecule has 0 bridgehead atoms. The van der Waals surface area contributed by atoms with Crippen LogP contribution >= 0.6 is 0 Å². The number of unbranched alkanes of at least 4 members (excludes halogenated alkanes) is 3. The Morgan fingerprint density at radius 1 is 1.06 bits per heavy atom. The normalized spacial score (nSPS) is 9.88. The van der Waals surface area contributed by atoms with Gasteiger partial charge in [-0.15, -0.1) is 0 Å². The molecule has 0 aromatic carbocycles. The predicted octanol–water partition coefficient (Wildman–Crippen LogP) is -0.907. The summed E-state index contributed by atoms with van der Waals surface area (Å²) in [6, 6.07) is 4.38. The Balaban J connectivity index is 0.00000225. The van der Waals surface area contributed by atoms with Crippen LogP contribution in [0.2, 0.25) is 0 Å². The second-order valence-electron chi connectivity index (χ2n) is 3.94. The lowest BCUT2D eigenvalue weighted by Crippen LogP contribution is -3.00. The third kappa shape index (κ3) is 6.09. The van der Waals surface area contributed by atoms with Gasteiger partial charge in [-0.1, -0.05) is 13.3 Å². The molecule has 2 nitrogen and oxygen atoms in total. The maximum absolute atomic E-state index is 8.64. The van der Waals surface area contributed by atoms with Gasteiger partial charge in [-0.2, -0.15) is 0 Å². The highest BCUT2D eigenvalue weighted by Crippen LogP contribution is 1.99. The molecule has 1 N–H and O–H groups in total.